The van der Waals surface area contributed by atoms with E-state index in [9.17, 15) is 14.4 Å². The Morgan fingerprint density at radius 3 is 2.15 bits per heavy atom. The molecule has 0 radical (unpaired) electrons. The van der Waals surface area contributed by atoms with Crippen LogP contribution in [0.25, 0.3) is 0 Å². The van der Waals surface area contributed by atoms with E-state index in [1.54, 1.807) is 27.7 Å². The van der Waals surface area contributed by atoms with Crippen molar-refractivity contribution in [1.29, 1.82) is 0 Å². The third-order valence-electron chi connectivity index (χ3n) is 2.03. The van der Waals surface area contributed by atoms with Crippen molar-refractivity contribution in [3.63, 3.8) is 0 Å². The van der Waals surface area contributed by atoms with Crippen molar-refractivity contribution in [3.8, 4) is 0 Å². The van der Waals surface area contributed by atoms with Crippen LogP contribution >= 0.6 is 0 Å². The number of hydrogen-bond acceptors (Lipinski definition) is 5. The van der Waals surface area contributed by atoms with Gasteiger partial charge in [-0.1, -0.05) is 0 Å². The molecule has 0 aromatic carbocycles. The van der Waals surface area contributed by atoms with E-state index >= 15 is 0 Å². The monoisotopic (exact) mass is 289 g/mol. The van der Waals surface area contributed by atoms with Gasteiger partial charge in [-0.15, -0.1) is 0 Å². The van der Waals surface area contributed by atoms with E-state index in [1.807, 2.05) is 0 Å². The summed E-state index contributed by atoms with van der Waals surface area (Å²) in [6, 6.07) is -0.464. The molecule has 0 unspecified atom stereocenters. The quantitative estimate of drug-likeness (QED) is 0.721. The number of carboxylic acids is 1. The van der Waals surface area contributed by atoms with Crippen LogP contribution in [0.5, 0.6) is 0 Å². The molecule has 7 nitrogen and oxygen atoms in total. The molecule has 0 aromatic heterocycles. The number of carbonyl (C=O) groups is 3. The Hall–Kier alpha value is -1.79. The van der Waals surface area contributed by atoms with E-state index < -0.39 is 35.8 Å². The average molecular weight is 289 g/mol. The summed E-state index contributed by atoms with van der Waals surface area (Å²) >= 11 is 0. The van der Waals surface area contributed by atoms with E-state index in [2.05, 4.69) is 5.32 Å². The molecule has 0 aliphatic carbocycles. The third-order valence-corrected chi connectivity index (χ3v) is 2.03. The van der Waals surface area contributed by atoms with Gasteiger partial charge < -0.3 is 19.9 Å². The van der Waals surface area contributed by atoms with Crippen LogP contribution in [-0.4, -0.2) is 40.9 Å². The summed E-state index contributed by atoms with van der Waals surface area (Å²) in [4.78, 5) is 33.4. The second-order valence-corrected chi connectivity index (χ2v) is 5.65. The van der Waals surface area contributed by atoms with Crippen molar-refractivity contribution >= 4 is 18.0 Å². The second-order valence-electron chi connectivity index (χ2n) is 5.65. The van der Waals surface area contributed by atoms with Crippen LogP contribution in [0.3, 0.4) is 0 Å². The van der Waals surface area contributed by atoms with Gasteiger partial charge in [0.15, 0.2) is 0 Å². The molecule has 0 saturated heterocycles. The van der Waals surface area contributed by atoms with Crippen LogP contribution < -0.4 is 5.32 Å². The van der Waals surface area contributed by atoms with E-state index in [0.717, 1.165) is 0 Å². The first kappa shape index (κ1) is 18.2. The predicted molar refractivity (Wildman–Crippen MR) is 71.3 cm³/mol. The first-order valence-electron chi connectivity index (χ1n) is 6.40. The number of aliphatic carboxylic acids is 1. The summed E-state index contributed by atoms with van der Waals surface area (Å²) in [5.41, 5.74) is -0.611. The molecular weight excluding hydrogens is 266 g/mol. The van der Waals surface area contributed by atoms with Crippen molar-refractivity contribution in [2.24, 2.45) is 0 Å². The van der Waals surface area contributed by atoms with Crippen LogP contribution in [0.15, 0.2) is 0 Å². The summed E-state index contributed by atoms with van der Waals surface area (Å²) in [6.45, 7) is 8.34. The van der Waals surface area contributed by atoms with Gasteiger partial charge in [-0.25, -0.2) is 4.79 Å². The lowest BCUT2D eigenvalue weighted by molar-refractivity contribution is -0.152. The number of esters is 1. The minimum atomic E-state index is -1.04. The maximum Gasteiger partial charge on any atom is 0.407 e. The minimum Gasteiger partial charge on any atom is -0.481 e. The molecule has 0 saturated carbocycles. The lowest BCUT2D eigenvalue weighted by Crippen LogP contribution is -2.39. The van der Waals surface area contributed by atoms with Gasteiger partial charge in [-0.2, -0.15) is 0 Å². The molecule has 0 fully saturated rings. The molecule has 0 aliphatic heterocycles. The fourth-order valence-electron chi connectivity index (χ4n) is 1.37. The summed E-state index contributed by atoms with van der Waals surface area (Å²) in [6.07, 6.45) is -1.62. The Morgan fingerprint density at radius 2 is 1.70 bits per heavy atom. The molecule has 0 aliphatic rings. The van der Waals surface area contributed by atoms with Crippen LogP contribution in [0.2, 0.25) is 0 Å². The zero-order chi connectivity index (χ0) is 15.9. The first-order chi connectivity index (χ1) is 8.99. The van der Waals surface area contributed by atoms with E-state index in [4.69, 9.17) is 14.6 Å². The molecule has 0 aromatic rings. The first-order valence-corrected chi connectivity index (χ1v) is 6.40. The smallest absolute Gasteiger partial charge is 0.407 e. The maximum absolute atomic E-state index is 11.5. The highest BCUT2D eigenvalue weighted by molar-refractivity contribution is 5.73. The van der Waals surface area contributed by atoms with Crippen LogP contribution in [-0.2, 0) is 19.1 Å². The van der Waals surface area contributed by atoms with Crippen molar-refractivity contribution in [2.45, 2.75) is 65.2 Å². The summed E-state index contributed by atoms with van der Waals surface area (Å²) in [7, 11) is 0. The van der Waals surface area contributed by atoms with Gasteiger partial charge in [-0.05, 0) is 34.6 Å². The van der Waals surface area contributed by atoms with Crippen molar-refractivity contribution in [1.82, 2.24) is 5.32 Å². The highest BCUT2D eigenvalue weighted by Gasteiger charge is 2.20. The molecule has 1 amide bonds. The van der Waals surface area contributed by atoms with Gasteiger partial charge in [0.1, 0.15) is 11.7 Å². The standard InChI is InChI=1S/C13H23NO6/c1-8(14-12(18)20-13(3,4)5)6-11(17)19-9(2)7-10(15)16/h8-9H,6-7H2,1-5H3,(H,14,18)(H,15,16)/t8-,9+/m0/s1. The van der Waals surface area contributed by atoms with Gasteiger partial charge in [0.2, 0.25) is 0 Å². The van der Waals surface area contributed by atoms with Gasteiger partial charge in [0, 0.05) is 6.04 Å². The van der Waals surface area contributed by atoms with E-state index in [1.165, 1.54) is 6.92 Å². The Balaban J connectivity index is 4.08. The number of rotatable bonds is 6. The fourth-order valence-corrected chi connectivity index (χ4v) is 1.37. The molecular formula is C13H23NO6. The van der Waals surface area contributed by atoms with Crippen molar-refractivity contribution in [3.05, 3.63) is 0 Å². The lowest BCUT2D eigenvalue weighted by Gasteiger charge is -2.22. The van der Waals surface area contributed by atoms with E-state index in [-0.39, 0.29) is 12.8 Å². The molecule has 0 bridgehead atoms. The van der Waals surface area contributed by atoms with Gasteiger partial charge in [0.05, 0.1) is 12.8 Å². The second kappa shape index (κ2) is 7.72. The molecule has 0 rings (SSSR count). The summed E-state index contributed by atoms with van der Waals surface area (Å²) < 4.78 is 9.95. The lowest BCUT2D eigenvalue weighted by atomic mass is 10.2. The predicted octanol–water partition coefficient (Wildman–Crippen LogP) is 1.70. The largest absolute Gasteiger partial charge is 0.481 e. The Bertz CT molecular complexity index is 360. The summed E-state index contributed by atoms with van der Waals surface area (Å²) in [5, 5.41) is 11.0. The highest BCUT2D eigenvalue weighted by Crippen LogP contribution is 2.07. The van der Waals surface area contributed by atoms with Crippen LogP contribution in [0.1, 0.15) is 47.5 Å². The zero-order valence-electron chi connectivity index (χ0n) is 12.6. The SMILES string of the molecule is C[C@H](CC(=O)O)OC(=O)C[C@H](C)NC(=O)OC(C)(C)C. The van der Waals surface area contributed by atoms with Crippen molar-refractivity contribution < 1.29 is 29.0 Å². The fraction of sp³-hybridized carbons (Fsp3) is 0.769. The Kier molecular flexibility index (Phi) is 7.02. The van der Waals surface area contributed by atoms with Gasteiger partial charge in [-0.3, -0.25) is 9.59 Å². The molecule has 0 heterocycles. The topological polar surface area (TPSA) is 102 Å². The molecule has 7 heteroatoms. The van der Waals surface area contributed by atoms with Gasteiger partial charge >= 0.3 is 18.0 Å². The Labute approximate surface area is 118 Å². The molecule has 2 N–H and O–H groups in total. The van der Waals surface area contributed by atoms with E-state index in [0.29, 0.717) is 0 Å². The maximum atomic E-state index is 11.5. The molecule has 20 heavy (non-hydrogen) atoms. The zero-order valence-corrected chi connectivity index (χ0v) is 12.6. The minimum absolute atomic E-state index is 0.0524. The van der Waals surface area contributed by atoms with Gasteiger partial charge in [0.25, 0.3) is 0 Å². The number of alkyl carbamates (subject to hydrolysis) is 1. The summed E-state index contributed by atoms with van der Waals surface area (Å²) in [5.74, 6) is -1.60. The Morgan fingerprint density at radius 1 is 1.15 bits per heavy atom. The number of carbonyl (C=O) groups excluding carboxylic acids is 2. The highest BCUT2D eigenvalue weighted by atomic mass is 16.6. The van der Waals surface area contributed by atoms with Crippen molar-refractivity contribution in [2.75, 3.05) is 0 Å². The molecule has 2 atom stereocenters. The number of hydrogen-bond donors (Lipinski definition) is 2. The third kappa shape index (κ3) is 10.2. The van der Waals surface area contributed by atoms with Crippen LogP contribution in [0, 0.1) is 0 Å². The number of ether oxygens (including phenoxy) is 2. The molecule has 0 spiro atoms. The molecule has 116 valence electrons. The number of carboxylic acid groups (broad SMARTS) is 1. The number of amides is 1. The number of nitrogens with one attached hydrogen (secondary N) is 1. The van der Waals surface area contributed by atoms with Crippen LogP contribution in [0.4, 0.5) is 4.79 Å². The normalized spacial score (nSPS) is 14.1. The average Bonchev–Trinajstić information content (AvgIpc) is 2.09.